The first-order valence-electron chi connectivity index (χ1n) is 8.06. The molecule has 2 aromatic rings. The molecule has 1 amide bonds. The molecular weight excluding hydrogens is 286 g/mol. The second-order valence-corrected chi connectivity index (χ2v) is 6.15. The zero-order valence-electron chi connectivity index (χ0n) is 14.0. The van der Waals surface area contributed by atoms with Crippen LogP contribution in [0.4, 0.5) is 0 Å². The SMILES string of the molecule is Cc1cccc(C(=O)NCC(CC(C)O)c2ccccc2)c1C. The summed E-state index contributed by atoms with van der Waals surface area (Å²) in [5.74, 6) is 0.0444. The van der Waals surface area contributed by atoms with Crippen LogP contribution in [0.25, 0.3) is 0 Å². The van der Waals surface area contributed by atoms with E-state index in [4.69, 9.17) is 0 Å². The van der Waals surface area contributed by atoms with Crippen LogP contribution in [0.2, 0.25) is 0 Å². The highest BCUT2D eigenvalue weighted by Crippen LogP contribution is 2.21. The van der Waals surface area contributed by atoms with Gasteiger partial charge >= 0.3 is 0 Å². The number of rotatable bonds is 6. The Balaban J connectivity index is 2.09. The molecule has 0 saturated carbocycles. The molecule has 2 atom stereocenters. The maximum Gasteiger partial charge on any atom is 0.251 e. The molecule has 0 heterocycles. The summed E-state index contributed by atoms with van der Waals surface area (Å²) in [5.41, 5.74) is 3.97. The molecule has 3 nitrogen and oxygen atoms in total. The molecule has 2 rings (SSSR count). The van der Waals surface area contributed by atoms with Gasteiger partial charge in [-0.2, -0.15) is 0 Å². The molecule has 0 spiro atoms. The number of amides is 1. The third-order valence-corrected chi connectivity index (χ3v) is 4.25. The third kappa shape index (κ3) is 4.67. The summed E-state index contributed by atoms with van der Waals surface area (Å²) in [7, 11) is 0. The lowest BCUT2D eigenvalue weighted by Gasteiger charge is -2.20. The number of aliphatic hydroxyl groups is 1. The number of aryl methyl sites for hydroxylation is 1. The van der Waals surface area contributed by atoms with Gasteiger partial charge in [0.15, 0.2) is 0 Å². The van der Waals surface area contributed by atoms with E-state index in [-0.39, 0.29) is 11.8 Å². The Kier molecular flexibility index (Phi) is 5.94. The monoisotopic (exact) mass is 311 g/mol. The molecule has 23 heavy (non-hydrogen) atoms. The van der Waals surface area contributed by atoms with Crippen LogP contribution in [0.15, 0.2) is 48.5 Å². The standard InChI is InChI=1S/C20H25NO2/c1-14-8-7-11-19(16(14)3)20(23)21-13-18(12-15(2)22)17-9-5-4-6-10-17/h4-11,15,18,22H,12-13H2,1-3H3,(H,21,23). The zero-order chi connectivity index (χ0) is 16.8. The Morgan fingerprint density at radius 3 is 2.43 bits per heavy atom. The maximum atomic E-state index is 12.5. The molecular formula is C20H25NO2. The van der Waals surface area contributed by atoms with Crippen molar-refractivity contribution in [2.45, 2.75) is 39.2 Å². The van der Waals surface area contributed by atoms with Crippen LogP contribution < -0.4 is 5.32 Å². The average molecular weight is 311 g/mol. The summed E-state index contributed by atoms with van der Waals surface area (Å²) in [6.45, 7) is 6.27. The second-order valence-electron chi connectivity index (χ2n) is 6.15. The van der Waals surface area contributed by atoms with E-state index in [1.54, 1.807) is 6.92 Å². The first kappa shape index (κ1) is 17.2. The summed E-state index contributed by atoms with van der Waals surface area (Å²) >= 11 is 0. The lowest BCUT2D eigenvalue weighted by atomic mass is 9.93. The van der Waals surface area contributed by atoms with Crippen molar-refractivity contribution in [2.24, 2.45) is 0 Å². The molecule has 0 saturated heterocycles. The molecule has 3 heteroatoms. The van der Waals surface area contributed by atoms with E-state index >= 15 is 0 Å². The van der Waals surface area contributed by atoms with E-state index in [2.05, 4.69) is 5.32 Å². The Morgan fingerprint density at radius 2 is 1.78 bits per heavy atom. The van der Waals surface area contributed by atoms with E-state index in [1.165, 1.54) is 0 Å². The van der Waals surface area contributed by atoms with Crippen LogP contribution in [0.1, 0.15) is 46.3 Å². The first-order valence-corrected chi connectivity index (χ1v) is 8.06. The van der Waals surface area contributed by atoms with Crippen LogP contribution in [0.3, 0.4) is 0 Å². The summed E-state index contributed by atoms with van der Waals surface area (Å²) < 4.78 is 0. The number of hydrogen-bond donors (Lipinski definition) is 2. The zero-order valence-corrected chi connectivity index (χ0v) is 14.0. The molecule has 0 aromatic heterocycles. The van der Waals surface area contributed by atoms with Gasteiger partial charge in [-0.05, 0) is 49.9 Å². The predicted octanol–water partition coefficient (Wildman–Crippen LogP) is 3.59. The number of aliphatic hydroxyl groups excluding tert-OH is 1. The van der Waals surface area contributed by atoms with Gasteiger partial charge in [0.05, 0.1) is 6.10 Å². The Labute approximate surface area is 138 Å². The largest absolute Gasteiger partial charge is 0.393 e. The number of benzene rings is 2. The fourth-order valence-corrected chi connectivity index (χ4v) is 2.78. The summed E-state index contributed by atoms with van der Waals surface area (Å²) in [4.78, 5) is 12.5. The summed E-state index contributed by atoms with van der Waals surface area (Å²) in [5, 5.41) is 12.8. The van der Waals surface area contributed by atoms with Gasteiger partial charge in [0, 0.05) is 18.0 Å². The molecule has 0 aliphatic carbocycles. The second kappa shape index (κ2) is 7.93. The van der Waals surface area contributed by atoms with Crippen LogP contribution in [0, 0.1) is 13.8 Å². The van der Waals surface area contributed by atoms with Crippen molar-refractivity contribution in [2.75, 3.05) is 6.54 Å². The molecule has 0 aliphatic heterocycles. The van der Waals surface area contributed by atoms with E-state index in [1.807, 2.05) is 62.4 Å². The summed E-state index contributed by atoms with van der Waals surface area (Å²) in [6, 6.07) is 15.8. The van der Waals surface area contributed by atoms with Gasteiger partial charge < -0.3 is 10.4 Å². The van der Waals surface area contributed by atoms with Gasteiger partial charge in [-0.1, -0.05) is 42.5 Å². The van der Waals surface area contributed by atoms with E-state index in [0.29, 0.717) is 18.5 Å². The lowest BCUT2D eigenvalue weighted by Crippen LogP contribution is -2.30. The topological polar surface area (TPSA) is 49.3 Å². The van der Waals surface area contributed by atoms with E-state index in [0.717, 1.165) is 16.7 Å². The van der Waals surface area contributed by atoms with Gasteiger partial charge in [0.1, 0.15) is 0 Å². The molecule has 0 bridgehead atoms. The lowest BCUT2D eigenvalue weighted by molar-refractivity contribution is 0.0945. The smallest absolute Gasteiger partial charge is 0.251 e. The molecule has 0 aliphatic rings. The Morgan fingerprint density at radius 1 is 1.09 bits per heavy atom. The minimum atomic E-state index is -0.405. The minimum Gasteiger partial charge on any atom is -0.393 e. The highest BCUT2D eigenvalue weighted by atomic mass is 16.3. The van der Waals surface area contributed by atoms with Gasteiger partial charge in [0.25, 0.3) is 5.91 Å². The molecule has 2 aromatic carbocycles. The number of carbonyl (C=O) groups is 1. The fourth-order valence-electron chi connectivity index (χ4n) is 2.78. The highest BCUT2D eigenvalue weighted by molar-refractivity contribution is 5.95. The normalized spacial score (nSPS) is 13.4. The van der Waals surface area contributed by atoms with Crippen LogP contribution in [-0.4, -0.2) is 23.7 Å². The van der Waals surface area contributed by atoms with E-state index in [9.17, 15) is 9.90 Å². The molecule has 0 radical (unpaired) electrons. The number of carbonyl (C=O) groups excluding carboxylic acids is 1. The highest BCUT2D eigenvalue weighted by Gasteiger charge is 2.17. The van der Waals surface area contributed by atoms with Crippen LogP contribution in [0.5, 0.6) is 0 Å². The number of hydrogen-bond acceptors (Lipinski definition) is 2. The fraction of sp³-hybridized carbons (Fsp3) is 0.350. The van der Waals surface area contributed by atoms with E-state index < -0.39 is 6.10 Å². The van der Waals surface area contributed by atoms with Crippen molar-refractivity contribution in [3.8, 4) is 0 Å². The Bertz CT molecular complexity index is 650. The van der Waals surface area contributed by atoms with Crippen LogP contribution >= 0.6 is 0 Å². The van der Waals surface area contributed by atoms with Crippen molar-refractivity contribution in [3.63, 3.8) is 0 Å². The molecule has 0 fully saturated rings. The first-order chi connectivity index (χ1) is 11.0. The maximum absolute atomic E-state index is 12.5. The number of nitrogens with one attached hydrogen (secondary N) is 1. The third-order valence-electron chi connectivity index (χ3n) is 4.25. The van der Waals surface area contributed by atoms with Gasteiger partial charge in [-0.15, -0.1) is 0 Å². The molecule has 122 valence electrons. The molecule has 2 N–H and O–H groups in total. The minimum absolute atomic E-state index is 0.0577. The quantitative estimate of drug-likeness (QED) is 0.856. The summed E-state index contributed by atoms with van der Waals surface area (Å²) in [6.07, 6.45) is 0.217. The Hall–Kier alpha value is -2.13. The van der Waals surface area contributed by atoms with Crippen molar-refractivity contribution in [1.82, 2.24) is 5.32 Å². The van der Waals surface area contributed by atoms with Gasteiger partial charge in [0.2, 0.25) is 0 Å². The van der Waals surface area contributed by atoms with Gasteiger partial charge in [-0.25, -0.2) is 0 Å². The van der Waals surface area contributed by atoms with Gasteiger partial charge in [-0.3, -0.25) is 4.79 Å². The predicted molar refractivity (Wildman–Crippen MR) is 93.7 cm³/mol. The molecule has 2 unspecified atom stereocenters. The van der Waals surface area contributed by atoms with Crippen LogP contribution in [-0.2, 0) is 0 Å². The van der Waals surface area contributed by atoms with Crippen molar-refractivity contribution < 1.29 is 9.90 Å². The van der Waals surface area contributed by atoms with Crippen molar-refractivity contribution in [1.29, 1.82) is 0 Å². The average Bonchev–Trinajstić information content (AvgIpc) is 2.54. The van der Waals surface area contributed by atoms with Crippen molar-refractivity contribution in [3.05, 3.63) is 70.8 Å². The van der Waals surface area contributed by atoms with Crippen molar-refractivity contribution >= 4 is 5.91 Å².